The van der Waals surface area contributed by atoms with Gasteiger partial charge in [-0.15, -0.1) is 0 Å². The molecule has 6 nitrogen and oxygen atoms in total. The number of hydrogen-bond acceptors (Lipinski definition) is 5. The highest BCUT2D eigenvalue weighted by Gasteiger charge is 2.70. The van der Waals surface area contributed by atoms with Crippen LogP contribution in [0.4, 0.5) is 0 Å². The van der Waals surface area contributed by atoms with E-state index in [1.165, 1.54) is 7.11 Å². The Morgan fingerprint density at radius 2 is 2.16 bits per heavy atom. The van der Waals surface area contributed by atoms with Crippen LogP contribution >= 0.6 is 0 Å². The number of esters is 1. The highest BCUT2D eigenvalue weighted by Crippen LogP contribution is 2.57. The van der Waals surface area contributed by atoms with Crippen molar-refractivity contribution in [1.29, 1.82) is 0 Å². The molecule has 6 heteroatoms. The van der Waals surface area contributed by atoms with Gasteiger partial charge in [-0.25, -0.2) is 0 Å². The van der Waals surface area contributed by atoms with Gasteiger partial charge >= 0.3 is 5.97 Å². The van der Waals surface area contributed by atoms with E-state index in [1.807, 2.05) is 13.8 Å². The van der Waals surface area contributed by atoms with E-state index in [9.17, 15) is 9.59 Å². The van der Waals surface area contributed by atoms with E-state index in [4.69, 9.17) is 10.5 Å². The summed E-state index contributed by atoms with van der Waals surface area (Å²) in [6, 6.07) is 0. The second-order valence-corrected chi connectivity index (χ2v) is 5.89. The molecule has 0 bridgehead atoms. The summed E-state index contributed by atoms with van der Waals surface area (Å²) in [4.78, 5) is 23.4. The average Bonchev–Trinajstić information content (AvgIpc) is 2.43. The lowest BCUT2D eigenvalue weighted by Gasteiger charge is -2.65. The summed E-state index contributed by atoms with van der Waals surface area (Å²) in [6.07, 6.45) is 1.83. The summed E-state index contributed by atoms with van der Waals surface area (Å²) in [5, 5.41) is 2.57. The van der Waals surface area contributed by atoms with Crippen molar-refractivity contribution >= 4 is 11.9 Å². The van der Waals surface area contributed by atoms with Crippen molar-refractivity contribution in [1.82, 2.24) is 5.32 Å². The molecule has 3 N–H and O–H groups in total. The van der Waals surface area contributed by atoms with Crippen molar-refractivity contribution in [2.75, 3.05) is 20.3 Å². The Morgan fingerprint density at radius 3 is 2.79 bits per heavy atom. The first-order valence-electron chi connectivity index (χ1n) is 6.61. The van der Waals surface area contributed by atoms with Gasteiger partial charge in [-0.05, 0) is 12.8 Å². The van der Waals surface area contributed by atoms with Crippen molar-refractivity contribution in [3.8, 4) is 0 Å². The molecule has 1 heterocycles. The molecule has 19 heavy (non-hydrogen) atoms. The molecule has 1 aliphatic carbocycles. The zero-order valence-electron chi connectivity index (χ0n) is 11.7. The number of methoxy groups -OCH3 is 1. The molecule has 1 aliphatic heterocycles. The maximum absolute atomic E-state index is 12.3. The summed E-state index contributed by atoms with van der Waals surface area (Å²) < 4.78 is 10.2. The Hall–Kier alpha value is -1.14. The van der Waals surface area contributed by atoms with Gasteiger partial charge in [0.2, 0.25) is 5.91 Å². The average molecular weight is 270 g/mol. The molecule has 108 valence electrons. The van der Waals surface area contributed by atoms with Crippen molar-refractivity contribution in [2.45, 2.75) is 38.3 Å². The highest BCUT2D eigenvalue weighted by molar-refractivity contribution is 5.91. The van der Waals surface area contributed by atoms with E-state index in [0.29, 0.717) is 0 Å². The molecule has 3 atom stereocenters. The van der Waals surface area contributed by atoms with Crippen LogP contribution in [-0.4, -0.2) is 43.8 Å². The first-order chi connectivity index (χ1) is 8.85. The molecule has 0 aromatic heterocycles. The third kappa shape index (κ3) is 1.94. The lowest BCUT2D eigenvalue weighted by molar-refractivity contribution is -0.225. The summed E-state index contributed by atoms with van der Waals surface area (Å²) in [5.41, 5.74) is 4.95. The molecule has 0 radical (unpaired) electrons. The van der Waals surface area contributed by atoms with Gasteiger partial charge in [0.25, 0.3) is 0 Å². The summed E-state index contributed by atoms with van der Waals surface area (Å²) in [6.45, 7) is 4.46. The van der Waals surface area contributed by atoms with E-state index in [0.717, 1.165) is 19.4 Å². The van der Waals surface area contributed by atoms with Crippen LogP contribution in [0, 0.1) is 11.3 Å². The zero-order valence-corrected chi connectivity index (χ0v) is 11.7. The minimum absolute atomic E-state index is 0.0221. The standard InChI is InChI=1S/C13H22N2O4/c1-12(2)10-8(5-4-6-19-10)13(12,14)11(17)15-7-9(16)18-3/h8,10H,4-7,14H2,1-3H3,(H,15,17). The van der Waals surface area contributed by atoms with Crippen molar-refractivity contribution < 1.29 is 19.1 Å². The third-order valence-corrected chi connectivity index (χ3v) is 4.68. The molecule has 1 amide bonds. The molecule has 2 aliphatic rings. The van der Waals surface area contributed by atoms with Gasteiger partial charge in [-0.2, -0.15) is 0 Å². The number of hydrogen-bond donors (Lipinski definition) is 2. The second-order valence-electron chi connectivity index (χ2n) is 5.89. The number of fused-ring (bicyclic) bond motifs is 1. The monoisotopic (exact) mass is 270 g/mol. The van der Waals surface area contributed by atoms with Gasteiger partial charge in [0.05, 0.1) is 13.2 Å². The number of carbonyl (C=O) groups excluding carboxylic acids is 2. The topological polar surface area (TPSA) is 90.7 Å². The minimum atomic E-state index is -0.980. The van der Waals surface area contributed by atoms with Crippen LogP contribution < -0.4 is 11.1 Å². The maximum atomic E-state index is 12.3. The maximum Gasteiger partial charge on any atom is 0.325 e. The minimum Gasteiger partial charge on any atom is -0.468 e. The van der Waals surface area contributed by atoms with Crippen LogP contribution in [0.5, 0.6) is 0 Å². The molecule has 0 aromatic rings. The van der Waals surface area contributed by atoms with E-state index < -0.39 is 16.9 Å². The molecule has 0 spiro atoms. The van der Waals surface area contributed by atoms with Crippen LogP contribution in [0.3, 0.4) is 0 Å². The third-order valence-electron chi connectivity index (χ3n) is 4.68. The Balaban J connectivity index is 2.08. The van der Waals surface area contributed by atoms with Crippen molar-refractivity contribution in [3.63, 3.8) is 0 Å². The number of nitrogens with two attached hydrogens (primary N) is 1. The van der Waals surface area contributed by atoms with Crippen LogP contribution in [-0.2, 0) is 19.1 Å². The molecule has 2 rings (SSSR count). The van der Waals surface area contributed by atoms with Crippen LogP contribution in [0.2, 0.25) is 0 Å². The van der Waals surface area contributed by atoms with E-state index >= 15 is 0 Å². The van der Waals surface area contributed by atoms with Gasteiger partial charge in [0.15, 0.2) is 0 Å². The molecular formula is C13H22N2O4. The Labute approximate surface area is 113 Å². The SMILES string of the molecule is COC(=O)CNC(=O)C1(N)C2CCCOC2C1(C)C. The fourth-order valence-electron chi connectivity index (χ4n) is 3.41. The van der Waals surface area contributed by atoms with Gasteiger partial charge in [0.1, 0.15) is 12.1 Å². The first kappa shape index (κ1) is 14.3. The molecule has 2 fully saturated rings. The number of carbonyl (C=O) groups is 2. The Morgan fingerprint density at radius 1 is 1.47 bits per heavy atom. The Bertz CT molecular complexity index is 396. The van der Waals surface area contributed by atoms with Crippen molar-refractivity contribution in [2.24, 2.45) is 17.1 Å². The largest absolute Gasteiger partial charge is 0.468 e. The smallest absolute Gasteiger partial charge is 0.325 e. The van der Waals surface area contributed by atoms with Crippen molar-refractivity contribution in [3.05, 3.63) is 0 Å². The normalized spacial score (nSPS) is 35.8. The van der Waals surface area contributed by atoms with Crippen LogP contribution in [0.1, 0.15) is 26.7 Å². The zero-order chi connectivity index (χ0) is 14.3. The molecular weight excluding hydrogens is 248 g/mol. The van der Waals surface area contributed by atoms with E-state index in [1.54, 1.807) is 0 Å². The first-order valence-corrected chi connectivity index (χ1v) is 6.61. The van der Waals surface area contributed by atoms with Gasteiger partial charge in [-0.3, -0.25) is 9.59 Å². The van der Waals surface area contributed by atoms with Crippen LogP contribution in [0.15, 0.2) is 0 Å². The molecule has 1 saturated heterocycles. The second kappa shape index (κ2) is 4.76. The fourth-order valence-corrected chi connectivity index (χ4v) is 3.41. The predicted octanol–water partition coefficient (Wildman–Crippen LogP) is -0.192. The lowest BCUT2D eigenvalue weighted by Crippen LogP contribution is -2.82. The molecule has 3 unspecified atom stereocenters. The van der Waals surface area contributed by atoms with E-state index in [2.05, 4.69) is 10.1 Å². The predicted molar refractivity (Wildman–Crippen MR) is 68.2 cm³/mol. The fraction of sp³-hybridized carbons (Fsp3) is 0.846. The number of ether oxygens (including phenoxy) is 2. The number of amides is 1. The Kier molecular flexibility index (Phi) is 3.57. The van der Waals surface area contributed by atoms with E-state index in [-0.39, 0.29) is 24.5 Å². The van der Waals surface area contributed by atoms with Gasteiger partial charge < -0.3 is 20.5 Å². The number of rotatable bonds is 3. The van der Waals surface area contributed by atoms with Crippen LogP contribution in [0.25, 0.3) is 0 Å². The van der Waals surface area contributed by atoms with Gasteiger partial charge in [-0.1, -0.05) is 13.8 Å². The lowest BCUT2D eigenvalue weighted by atomic mass is 9.46. The number of nitrogens with one attached hydrogen (secondary N) is 1. The summed E-state index contributed by atoms with van der Waals surface area (Å²) in [5.74, 6) is -0.755. The quantitative estimate of drug-likeness (QED) is 0.694. The summed E-state index contributed by atoms with van der Waals surface area (Å²) >= 11 is 0. The molecule has 0 aromatic carbocycles. The highest BCUT2D eigenvalue weighted by atomic mass is 16.5. The molecule has 1 saturated carbocycles. The van der Waals surface area contributed by atoms with Gasteiger partial charge in [0, 0.05) is 17.9 Å². The summed E-state index contributed by atoms with van der Waals surface area (Å²) in [7, 11) is 1.28.